The van der Waals surface area contributed by atoms with Crippen LogP contribution in [0.2, 0.25) is 0 Å². The van der Waals surface area contributed by atoms with E-state index < -0.39 is 59.0 Å². The Labute approximate surface area is 252 Å². The SMILES string of the molecule is C=NN(C)C(=CC1CCCCC1)C(=O)OC1C(C)C=CC2(C(C)C)C(=O)C(C(C)(C)C(C)C)C/C=C(/CO)C(O)C12O. The van der Waals surface area contributed by atoms with Gasteiger partial charge in [-0.3, -0.25) is 9.80 Å². The molecule has 3 aliphatic rings. The molecule has 1 fully saturated rings. The zero-order valence-electron chi connectivity index (χ0n) is 27.0. The van der Waals surface area contributed by atoms with Crippen LogP contribution in [-0.4, -0.2) is 70.3 Å². The number of aliphatic hydroxyl groups excluding tert-OH is 2. The van der Waals surface area contributed by atoms with Gasteiger partial charge in [-0.15, -0.1) is 0 Å². The molecule has 0 heterocycles. The average molecular weight is 587 g/mol. The number of fused-ring (bicyclic) bond motifs is 1. The van der Waals surface area contributed by atoms with Crippen molar-refractivity contribution in [1.29, 1.82) is 0 Å². The van der Waals surface area contributed by atoms with Crippen LogP contribution in [0.3, 0.4) is 0 Å². The van der Waals surface area contributed by atoms with Crippen molar-refractivity contribution >= 4 is 18.5 Å². The highest BCUT2D eigenvalue weighted by Crippen LogP contribution is 2.56. The summed E-state index contributed by atoms with van der Waals surface area (Å²) in [5, 5.41) is 40.6. The Morgan fingerprint density at radius 3 is 2.38 bits per heavy atom. The minimum atomic E-state index is -2.25. The van der Waals surface area contributed by atoms with Gasteiger partial charge in [0.1, 0.15) is 29.3 Å². The molecule has 8 nitrogen and oxygen atoms in total. The largest absolute Gasteiger partial charge is 0.454 e. The Bertz CT molecular complexity index is 1100. The molecule has 6 atom stereocenters. The van der Waals surface area contributed by atoms with Gasteiger partial charge in [-0.2, -0.15) is 5.10 Å². The predicted molar refractivity (Wildman–Crippen MR) is 165 cm³/mol. The second kappa shape index (κ2) is 13.1. The molecule has 0 aromatic heterocycles. The third-order valence-electron chi connectivity index (χ3n) is 10.9. The summed E-state index contributed by atoms with van der Waals surface area (Å²) < 4.78 is 6.20. The van der Waals surface area contributed by atoms with Crippen LogP contribution in [-0.2, 0) is 14.3 Å². The molecule has 0 aromatic rings. The number of aliphatic hydroxyl groups is 3. The van der Waals surface area contributed by atoms with Gasteiger partial charge in [-0.05, 0) is 54.1 Å². The van der Waals surface area contributed by atoms with E-state index in [9.17, 15) is 24.9 Å². The summed E-state index contributed by atoms with van der Waals surface area (Å²) in [6.45, 7) is 16.8. The molecule has 8 heteroatoms. The number of likely N-dealkylation sites (N-methyl/N-ethyl adjacent to an activating group) is 1. The molecule has 3 aliphatic carbocycles. The number of rotatable bonds is 9. The van der Waals surface area contributed by atoms with Crippen LogP contribution in [0.1, 0.15) is 87.0 Å². The fourth-order valence-corrected chi connectivity index (χ4v) is 7.31. The summed E-state index contributed by atoms with van der Waals surface area (Å²) in [5.74, 6) is -2.11. The van der Waals surface area contributed by atoms with Gasteiger partial charge in [0.25, 0.3) is 0 Å². The normalized spacial score (nSPS) is 34.4. The van der Waals surface area contributed by atoms with Crippen LogP contribution in [0.4, 0.5) is 0 Å². The second-order valence-electron chi connectivity index (χ2n) is 14.0. The Hall–Kier alpha value is -2.29. The Balaban J connectivity index is 2.22. The third kappa shape index (κ3) is 5.79. The fraction of sp³-hybridized carbons (Fsp3) is 0.735. The summed E-state index contributed by atoms with van der Waals surface area (Å²) in [4.78, 5) is 28.8. The molecule has 236 valence electrons. The summed E-state index contributed by atoms with van der Waals surface area (Å²) >= 11 is 0. The van der Waals surface area contributed by atoms with E-state index in [0.717, 1.165) is 32.1 Å². The van der Waals surface area contributed by atoms with Crippen LogP contribution in [0, 0.1) is 40.4 Å². The number of ether oxygens (including phenoxy) is 1. The van der Waals surface area contributed by atoms with Crippen molar-refractivity contribution in [3.05, 3.63) is 35.6 Å². The zero-order valence-corrected chi connectivity index (χ0v) is 27.0. The lowest BCUT2D eigenvalue weighted by molar-refractivity contribution is -0.231. The van der Waals surface area contributed by atoms with Crippen LogP contribution >= 0.6 is 0 Å². The van der Waals surface area contributed by atoms with Gasteiger partial charge in [-0.1, -0.05) is 86.0 Å². The van der Waals surface area contributed by atoms with Crippen molar-refractivity contribution in [3.63, 3.8) is 0 Å². The smallest absolute Gasteiger partial charge is 0.356 e. The number of hydrogen-bond donors (Lipinski definition) is 3. The number of ketones is 1. The molecular formula is C34H54N2O6. The lowest BCUT2D eigenvalue weighted by Gasteiger charge is -2.58. The molecule has 0 bridgehead atoms. The number of hydrogen-bond acceptors (Lipinski definition) is 8. The van der Waals surface area contributed by atoms with E-state index in [1.807, 2.05) is 39.8 Å². The maximum absolute atomic E-state index is 14.9. The predicted octanol–water partition coefficient (Wildman–Crippen LogP) is 5.04. The van der Waals surface area contributed by atoms with Crippen molar-refractivity contribution in [2.24, 2.45) is 45.5 Å². The highest BCUT2D eigenvalue weighted by Gasteiger charge is 2.69. The molecule has 0 aromatic carbocycles. The Morgan fingerprint density at radius 1 is 1.24 bits per heavy atom. The van der Waals surface area contributed by atoms with Crippen LogP contribution in [0.25, 0.3) is 0 Å². The number of hydrazone groups is 1. The van der Waals surface area contributed by atoms with E-state index in [1.165, 1.54) is 5.01 Å². The first-order chi connectivity index (χ1) is 19.6. The van der Waals surface area contributed by atoms with Gasteiger partial charge in [0.2, 0.25) is 0 Å². The lowest BCUT2D eigenvalue weighted by atomic mass is 9.49. The van der Waals surface area contributed by atoms with Gasteiger partial charge in [0.15, 0.2) is 0 Å². The van der Waals surface area contributed by atoms with Gasteiger partial charge in [0.05, 0.1) is 12.0 Å². The summed E-state index contributed by atoms with van der Waals surface area (Å²) in [7, 11) is 1.62. The Morgan fingerprint density at radius 2 is 1.86 bits per heavy atom. The summed E-state index contributed by atoms with van der Waals surface area (Å²) in [6, 6.07) is 0. The number of allylic oxidation sites excluding steroid dienone is 2. The van der Waals surface area contributed by atoms with E-state index in [4.69, 9.17) is 4.74 Å². The quantitative estimate of drug-likeness (QED) is 0.114. The van der Waals surface area contributed by atoms with Gasteiger partial charge >= 0.3 is 5.97 Å². The molecule has 0 amide bonds. The van der Waals surface area contributed by atoms with Crippen LogP contribution < -0.4 is 0 Å². The van der Waals surface area contributed by atoms with E-state index in [-0.39, 0.29) is 28.9 Å². The van der Waals surface area contributed by atoms with Gasteiger partial charge in [0, 0.05) is 25.6 Å². The highest BCUT2D eigenvalue weighted by molar-refractivity contribution is 5.93. The van der Waals surface area contributed by atoms with Gasteiger partial charge in [-0.25, -0.2) is 4.79 Å². The highest BCUT2D eigenvalue weighted by atomic mass is 16.6. The maximum Gasteiger partial charge on any atom is 0.356 e. The fourth-order valence-electron chi connectivity index (χ4n) is 7.31. The lowest BCUT2D eigenvalue weighted by Crippen LogP contribution is -2.72. The maximum atomic E-state index is 14.9. The Kier molecular flexibility index (Phi) is 10.7. The minimum Gasteiger partial charge on any atom is -0.454 e. The summed E-state index contributed by atoms with van der Waals surface area (Å²) in [5.41, 5.74) is -3.88. The third-order valence-corrected chi connectivity index (χ3v) is 10.9. The molecule has 42 heavy (non-hydrogen) atoms. The van der Waals surface area contributed by atoms with E-state index >= 15 is 0 Å². The number of carbonyl (C=O) groups excluding carboxylic acids is 2. The van der Waals surface area contributed by atoms with Gasteiger partial charge < -0.3 is 20.1 Å². The zero-order chi connectivity index (χ0) is 31.6. The van der Waals surface area contributed by atoms with E-state index in [2.05, 4.69) is 25.7 Å². The molecule has 0 spiro atoms. The molecule has 3 N–H and O–H groups in total. The van der Waals surface area contributed by atoms with Crippen molar-refractivity contribution in [2.45, 2.75) is 105 Å². The monoisotopic (exact) mass is 586 g/mol. The standard InChI is InChI=1S/C34H54N2O6/c1-21(2)32(6,7)26-16-15-25(20-37)28(38)34(41)30(23(5)17-18-33(34,22(3)4)29(26)39)42-31(40)27(36(9)35-8)19-24-13-11-10-12-14-24/h15,17-19,21-24,26,28,30,37-38,41H,8,10-14,16,20H2,1-7,9H3/b25-15-,27-19?. The van der Waals surface area contributed by atoms with Crippen LogP contribution in [0.15, 0.2) is 40.7 Å². The van der Waals surface area contributed by atoms with Crippen molar-refractivity contribution < 1.29 is 29.6 Å². The molecule has 0 aliphatic heterocycles. The summed E-state index contributed by atoms with van der Waals surface area (Å²) in [6.07, 6.45) is 9.72. The molecule has 6 unspecified atom stereocenters. The molecule has 1 saturated carbocycles. The van der Waals surface area contributed by atoms with E-state index in [1.54, 1.807) is 26.1 Å². The number of Topliss-reactive ketones (excluding diaryl/α,β-unsaturated/α-hetero) is 1. The van der Waals surface area contributed by atoms with Crippen molar-refractivity contribution in [2.75, 3.05) is 13.7 Å². The molecule has 0 radical (unpaired) electrons. The minimum absolute atomic E-state index is 0.133. The first-order valence-electron chi connectivity index (χ1n) is 15.7. The molecule has 0 saturated heterocycles. The molecule has 3 rings (SSSR count). The average Bonchev–Trinajstić information content (AvgIpc) is 2.95. The van der Waals surface area contributed by atoms with E-state index in [0.29, 0.717) is 6.42 Å². The number of esters is 1. The van der Waals surface area contributed by atoms with Crippen molar-refractivity contribution in [1.82, 2.24) is 5.01 Å². The van der Waals surface area contributed by atoms with Crippen LogP contribution in [0.5, 0.6) is 0 Å². The second-order valence-corrected chi connectivity index (χ2v) is 14.0. The molecular weight excluding hydrogens is 532 g/mol. The first-order valence-corrected chi connectivity index (χ1v) is 15.7. The number of nitrogens with zero attached hydrogens (tertiary/aromatic N) is 2. The van der Waals surface area contributed by atoms with Crippen molar-refractivity contribution in [3.8, 4) is 0 Å². The first kappa shape index (κ1) is 34.2. The topological polar surface area (TPSA) is 120 Å². The number of carbonyl (C=O) groups is 2.